The van der Waals surface area contributed by atoms with E-state index in [2.05, 4.69) is 33.0 Å². The molecule has 30 heavy (non-hydrogen) atoms. The molecule has 0 radical (unpaired) electrons. The van der Waals surface area contributed by atoms with E-state index in [1.54, 1.807) is 0 Å². The Balaban J connectivity index is 1.41. The Morgan fingerprint density at radius 1 is 1.20 bits per heavy atom. The van der Waals surface area contributed by atoms with E-state index in [-0.39, 0.29) is 6.04 Å². The molecule has 0 amide bonds. The van der Waals surface area contributed by atoms with Gasteiger partial charge in [-0.25, -0.2) is 4.99 Å². The summed E-state index contributed by atoms with van der Waals surface area (Å²) < 4.78 is 7.81. The Hall–Kier alpha value is -2.57. The number of nitrogens with one attached hydrogen (secondary N) is 2. The molecule has 162 valence electrons. The van der Waals surface area contributed by atoms with E-state index >= 15 is 0 Å². The fourth-order valence-electron chi connectivity index (χ4n) is 4.44. The number of hydrogen-bond acceptors (Lipinski definition) is 4. The normalized spacial score (nSPS) is 19.4. The van der Waals surface area contributed by atoms with E-state index in [1.807, 2.05) is 30.7 Å². The third kappa shape index (κ3) is 5.12. The molecule has 1 atom stereocenters. The Morgan fingerprint density at radius 2 is 2.03 bits per heavy atom. The molecule has 0 bridgehead atoms. The zero-order chi connectivity index (χ0) is 20.8. The lowest BCUT2D eigenvalue weighted by molar-refractivity contribution is 0.261. The van der Waals surface area contributed by atoms with Gasteiger partial charge in [-0.3, -0.25) is 0 Å². The maximum atomic E-state index is 5.82. The van der Waals surface area contributed by atoms with Gasteiger partial charge in [0.05, 0.1) is 12.6 Å². The number of aryl methyl sites for hydroxylation is 1. The van der Waals surface area contributed by atoms with Crippen molar-refractivity contribution in [1.29, 1.82) is 0 Å². The standard InChI is InChI=1S/C23H34N6O/c1-17-27-28-22(29(17)2)16-25-23(24-14-7-10-18-8-3-4-9-18)26-20-13-15-30-21-12-6-5-11-19(20)21/h5-6,11-12,18,20H,3-4,7-10,13-16H2,1-2H3,(H2,24,25,26). The lowest BCUT2D eigenvalue weighted by Gasteiger charge is -2.28. The first kappa shape index (κ1) is 20.7. The first-order valence-corrected chi connectivity index (χ1v) is 11.3. The van der Waals surface area contributed by atoms with Crippen LogP contribution in [0.15, 0.2) is 29.3 Å². The number of nitrogens with zero attached hydrogens (tertiary/aromatic N) is 4. The number of benzene rings is 1. The monoisotopic (exact) mass is 410 g/mol. The quantitative estimate of drug-likeness (QED) is 0.414. The second-order valence-corrected chi connectivity index (χ2v) is 8.48. The van der Waals surface area contributed by atoms with Gasteiger partial charge in [-0.05, 0) is 31.7 Å². The fourth-order valence-corrected chi connectivity index (χ4v) is 4.44. The van der Waals surface area contributed by atoms with Crippen LogP contribution in [-0.4, -0.2) is 33.9 Å². The smallest absolute Gasteiger partial charge is 0.192 e. The number of rotatable bonds is 7. The van der Waals surface area contributed by atoms with Gasteiger partial charge in [0, 0.05) is 25.6 Å². The maximum Gasteiger partial charge on any atom is 0.192 e. The second kappa shape index (κ2) is 9.96. The number of fused-ring (bicyclic) bond motifs is 1. The van der Waals surface area contributed by atoms with Crippen LogP contribution in [0.3, 0.4) is 0 Å². The average Bonchev–Trinajstić information content (AvgIpc) is 3.40. The van der Waals surface area contributed by atoms with Crippen molar-refractivity contribution >= 4 is 5.96 Å². The molecule has 1 fully saturated rings. The van der Waals surface area contributed by atoms with Crippen molar-refractivity contribution in [3.05, 3.63) is 41.5 Å². The minimum atomic E-state index is 0.192. The van der Waals surface area contributed by atoms with Gasteiger partial charge in [-0.15, -0.1) is 10.2 Å². The number of aromatic nitrogens is 3. The predicted molar refractivity (Wildman–Crippen MR) is 119 cm³/mol. The van der Waals surface area contributed by atoms with E-state index < -0.39 is 0 Å². The van der Waals surface area contributed by atoms with Crippen molar-refractivity contribution in [2.24, 2.45) is 18.0 Å². The molecule has 2 aromatic rings. The van der Waals surface area contributed by atoms with Crippen LogP contribution in [0.5, 0.6) is 5.75 Å². The van der Waals surface area contributed by atoms with Gasteiger partial charge < -0.3 is 19.9 Å². The highest BCUT2D eigenvalue weighted by Crippen LogP contribution is 2.31. The molecule has 2 N–H and O–H groups in total. The molecule has 1 unspecified atom stereocenters. The largest absolute Gasteiger partial charge is 0.493 e. The Morgan fingerprint density at radius 3 is 2.83 bits per heavy atom. The molecule has 2 aliphatic rings. The van der Waals surface area contributed by atoms with Crippen LogP contribution >= 0.6 is 0 Å². The molecule has 1 aromatic heterocycles. The van der Waals surface area contributed by atoms with Crippen molar-refractivity contribution in [3.63, 3.8) is 0 Å². The molecule has 2 heterocycles. The van der Waals surface area contributed by atoms with E-state index in [4.69, 9.17) is 9.73 Å². The molecule has 4 rings (SSSR count). The summed E-state index contributed by atoms with van der Waals surface area (Å²) in [6.07, 6.45) is 9.04. The summed E-state index contributed by atoms with van der Waals surface area (Å²) in [5.41, 5.74) is 1.19. The third-order valence-corrected chi connectivity index (χ3v) is 6.39. The van der Waals surface area contributed by atoms with Crippen molar-refractivity contribution in [3.8, 4) is 5.75 Å². The van der Waals surface area contributed by atoms with E-state index in [0.717, 1.165) is 42.2 Å². The summed E-state index contributed by atoms with van der Waals surface area (Å²) in [5.74, 6) is 4.49. The molecule has 1 aliphatic carbocycles. The lowest BCUT2D eigenvalue weighted by Crippen LogP contribution is -2.41. The molecule has 7 heteroatoms. The summed E-state index contributed by atoms with van der Waals surface area (Å²) in [4.78, 5) is 4.83. The Bertz CT molecular complexity index is 855. The Kier molecular flexibility index (Phi) is 6.87. The zero-order valence-corrected chi connectivity index (χ0v) is 18.2. The zero-order valence-electron chi connectivity index (χ0n) is 18.2. The molecule has 0 saturated heterocycles. The number of hydrogen-bond donors (Lipinski definition) is 2. The fraction of sp³-hybridized carbons (Fsp3) is 0.609. The predicted octanol–water partition coefficient (Wildman–Crippen LogP) is 3.65. The number of guanidine groups is 1. The summed E-state index contributed by atoms with van der Waals surface area (Å²) in [5, 5.41) is 15.6. The molecule has 7 nitrogen and oxygen atoms in total. The molecule has 1 saturated carbocycles. The van der Waals surface area contributed by atoms with E-state index in [9.17, 15) is 0 Å². The van der Waals surface area contributed by atoms with Gasteiger partial charge in [0.15, 0.2) is 11.8 Å². The minimum Gasteiger partial charge on any atom is -0.493 e. The summed E-state index contributed by atoms with van der Waals surface area (Å²) in [6.45, 7) is 4.11. The van der Waals surface area contributed by atoms with Crippen LogP contribution in [0.25, 0.3) is 0 Å². The summed E-state index contributed by atoms with van der Waals surface area (Å²) in [6, 6.07) is 8.45. The van der Waals surface area contributed by atoms with Gasteiger partial charge in [-0.2, -0.15) is 0 Å². The molecule has 1 aromatic carbocycles. The van der Waals surface area contributed by atoms with Crippen LogP contribution in [0.1, 0.15) is 68.2 Å². The van der Waals surface area contributed by atoms with Gasteiger partial charge in [-0.1, -0.05) is 43.9 Å². The Labute approximate surface area is 179 Å². The highest BCUT2D eigenvalue weighted by Gasteiger charge is 2.22. The van der Waals surface area contributed by atoms with Crippen molar-refractivity contribution < 1.29 is 4.74 Å². The van der Waals surface area contributed by atoms with Gasteiger partial charge in [0.25, 0.3) is 0 Å². The minimum absolute atomic E-state index is 0.192. The highest BCUT2D eigenvalue weighted by atomic mass is 16.5. The van der Waals surface area contributed by atoms with E-state index in [0.29, 0.717) is 13.2 Å². The maximum absolute atomic E-state index is 5.82. The number of aliphatic imine (C=N–C) groups is 1. The van der Waals surface area contributed by atoms with Crippen LogP contribution < -0.4 is 15.4 Å². The first-order valence-electron chi connectivity index (χ1n) is 11.3. The van der Waals surface area contributed by atoms with Crippen molar-refractivity contribution in [1.82, 2.24) is 25.4 Å². The highest BCUT2D eigenvalue weighted by molar-refractivity contribution is 5.80. The van der Waals surface area contributed by atoms with Gasteiger partial charge >= 0.3 is 0 Å². The molecular weight excluding hydrogens is 376 g/mol. The molecular formula is C23H34N6O. The summed E-state index contributed by atoms with van der Waals surface area (Å²) in [7, 11) is 1.98. The summed E-state index contributed by atoms with van der Waals surface area (Å²) >= 11 is 0. The van der Waals surface area contributed by atoms with Gasteiger partial charge in [0.2, 0.25) is 0 Å². The van der Waals surface area contributed by atoms with Crippen LogP contribution in [0, 0.1) is 12.8 Å². The number of ether oxygens (including phenoxy) is 1. The van der Waals surface area contributed by atoms with Crippen LogP contribution in [0.4, 0.5) is 0 Å². The third-order valence-electron chi connectivity index (χ3n) is 6.39. The average molecular weight is 411 g/mol. The van der Waals surface area contributed by atoms with Crippen LogP contribution in [0.2, 0.25) is 0 Å². The van der Waals surface area contributed by atoms with Crippen molar-refractivity contribution in [2.75, 3.05) is 13.2 Å². The molecule has 1 aliphatic heterocycles. The van der Waals surface area contributed by atoms with Gasteiger partial charge in [0.1, 0.15) is 18.1 Å². The molecule has 0 spiro atoms. The lowest BCUT2D eigenvalue weighted by atomic mass is 10.0. The second-order valence-electron chi connectivity index (χ2n) is 8.48. The first-order chi connectivity index (χ1) is 14.7. The van der Waals surface area contributed by atoms with Crippen LogP contribution in [-0.2, 0) is 13.6 Å². The van der Waals surface area contributed by atoms with Crippen molar-refractivity contribution in [2.45, 2.75) is 64.5 Å². The van der Waals surface area contributed by atoms with E-state index in [1.165, 1.54) is 44.1 Å². The number of para-hydroxylation sites is 1. The SMILES string of the molecule is Cc1nnc(CN=C(NCCCC2CCCC2)NC2CCOc3ccccc32)n1C. The topological polar surface area (TPSA) is 76.4 Å².